The van der Waals surface area contributed by atoms with Crippen LogP contribution in [0.3, 0.4) is 0 Å². The summed E-state index contributed by atoms with van der Waals surface area (Å²) in [5.41, 5.74) is 7.43. The zero-order valence-electron chi connectivity index (χ0n) is 18.5. The van der Waals surface area contributed by atoms with E-state index < -0.39 is 0 Å². The van der Waals surface area contributed by atoms with Crippen molar-refractivity contribution in [2.45, 2.75) is 58.9 Å². The van der Waals surface area contributed by atoms with Gasteiger partial charge in [0.1, 0.15) is 0 Å². The van der Waals surface area contributed by atoms with E-state index in [2.05, 4.69) is 45.7 Å². The van der Waals surface area contributed by atoms with Crippen LogP contribution in [0.15, 0.2) is 48.5 Å². The molecular weight excluding hydrogens is 384 g/mol. The fourth-order valence-electron chi connectivity index (χ4n) is 4.25. The Morgan fingerprint density at radius 2 is 1.61 bits per heavy atom. The van der Waals surface area contributed by atoms with Gasteiger partial charge in [-0.2, -0.15) is 0 Å². The predicted octanol–water partition coefficient (Wildman–Crippen LogP) is 5.60. The Bertz CT molecular complexity index is 1060. The minimum absolute atomic E-state index is 0.0150. The van der Waals surface area contributed by atoms with Crippen LogP contribution in [-0.2, 0) is 12.8 Å². The molecule has 1 atom stereocenters. The second-order valence-electron chi connectivity index (χ2n) is 8.35. The number of fused-ring (bicyclic) bond motifs is 1. The molecule has 31 heavy (non-hydrogen) atoms. The summed E-state index contributed by atoms with van der Waals surface area (Å²) in [6.07, 6.45) is 5.71. The molecule has 1 aliphatic carbocycles. The number of anilines is 2. The highest BCUT2D eigenvalue weighted by atomic mass is 16.1. The molecule has 1 aliphatic rings. The van der Waals surface area contributed by atoms with Gasteiger partial charge in [-0.15, -0.1) is 0 Å². The van der Waals surface area contributed by atoms with Crippen LogP contribution in [0.2, 0.25) is 0 Å². The van der Waals surface area contributed by atoms with E-state index in [1.54, 1.807) is 0 Å². The summed E-state index contributed by atoms with van der Waals surface area (Å²) in [5, 5.41) is 6.41. The zero-order chi connectivity index (χ0) is 21.8. The van der Waals surface area contributed by atoms with Gasteiger partial charge in [-0.1, -0.05) is 25.1 Å². The number of hydrogen-bond acceptors (Lipinski definition) is 4. The van der Waals surface area contributed by atoms with Crippen molar-refractivity contribution < 1.29 is 4.79 Å². The molecule has 5 heteroatoms. The van der Waals surface area contributed by atoms with Gasteiger partial charge in [-0.3, -0.25) is 4.79 Å². The maximum Gasteiger partial charge on any atom is 0.251 e. The van der Waals surface area contributed by atoms with Crippen molar-refractivity contribution in [3.8, 4) is 0 Å². The number of carbonyl (C=O) groups is 1. The van der Waals surface area contributed by atoms with Gasteiger partial charge in [0.05, 0.1) is 6.04 Å². The Kier molecular flexibility index (Phi) is 6.31. The Labute approximate surface area is 184 Å². The first kappa shape index (κ1) is 21.0. The van der Waals surface area contributed by atoms with E-state index in [0.717, 1.165) is 29.9 Å². The first-order valence-corrected chi connectivity index (χ1v) is 11.1. The van der Waals surface area contributed by atoms with Gasteiger partial charge >= 0.3 is 0 Å². The molecule has 160 valence electrons. The van der Waals surface area contributed by atoms with E-state index in [1.807, 2.05) is 44.2 Å². The van der Waals surface area contributed by atoms with Crippen molar-refractivity contribution in [2.75, 3.05) is 5.32 Å². The lowest BCUT2D eigenvalue weighted by atomic mass is 9.88. The standard InChI is InChI=1S/C26H30N4O/c1-4-24(22-10-9-19-7-5-6-8-21(19)16-22)30-25(31)20-11-13-23(14-12-20)29-26-27-17(2)15-18(3)28-26/h9-16,24H,4-8H2,1-3H3,(H,30,31)(H,27,28,29). The fourth-order valence-corrected chi connectivity index (χ4v) is 4.25. The minimum atomic E-state index is -0.0567. The van der Waals surface area contributed by atoms with Gasteiger partial charge in [0.2, 0.25) is 5.95 Å². The van der Waals surface area contributed by atoms with Crippen LogP contribution < -0.4 is 10.6 Å². The monoisotopic (exact) mass is 414 g/mol. The molecule has 2 aromatic carbocycles. The molecule has 0 aliphatic heterocycles. The van der Waals surface area contributed by atoms with Crippen LogP contribution >= 0.6 is 0 Å². The molecule has 1 amide bonds. The molecule has 5 nitrogen and oxygen atoms in total. The molecule has 1 heterocycles. The Hall–Kier alpha value is -3.21. The SMILES string of the molecule is CCC(NC(=O)c1ccc(Nc2nc(C)cc(C)n2)cc1)c1ccc2c(c1)CCCC2. The van der Waals surface area contributed by atoms with Gasteiger partial charge in [-0.25, -0.2) is 9.97 Å². The molecule has 0 spiro atoms. The second kappa shape index (κ2) is 9.29. The lowest BCUT2D eigenvalue weighted by Gasteiger charge is -2.22. The number of nitrogens with zero attached hydrogens (tertiary/aromatic N) is 2. The highest BCUT2D eigenvalue weighted by Gasteiger charge is 2.17. The molecule has 0 bridgehead atoms. The largest absolute Gasteiger partial charge is 0.345 e. The molecule has 0 radical (unpaired) electrons. The summed E-state index contributed by atoms with van der Waals surface area (Å²) < 4.78 is 0. The number of aromatic nitrogens is 2. The number of rotatable bonds is 6. The quantitative estimate of drug-likeness (QED) is 0.551. The van der Waals surface area contributed by atoms with Crippen molar-refractivity contribution in [1.82, 2.24) is 15.3 Å². The fraction of sp³-hybridized carbons (Fsp3) is 0.346. The Balaban J connectivity index is 1.43. The summed E-state index contributed by atoms with van der Waals surface area (Å²) in [7, 11) is 0. The Morgan fingerprint density at radius 3 is 2.29 bits per heavy atom. The number of carbonyl (C=O) groups excluding carboxylic acids is 1. The van der Waals surface area contributed by atoms with Gasteiger partial charge < -0.3 is 10.6 Å². The minimum Gasteiger partial charge on any atom is -0.345 e. The number of aryl methyl sites for hydroxylation is 4. The molecule has 0 fully saturated rings. The molecule has 3 aromatic rings. The lowest BCUT2D eigenvalue weighted by molar-refractivity contribution is 0.0935. The van der Waals surface area contributed by atoms with E-state index in [4.69, 9.17) is 0 Å². The Morgan fingerprint density at radius 1 is 0.935 bits per heavy atom. The van der Waals surface area contributed by atoms with Crippen LogP contribution in [0, 0.1) is 13.8 Å². The smallest absolute Gasteiger partial charge is 0.251 e. The van der Waals surface area contributed by atoms with Crippen molar-refractivity contribution in [2.24, 2.45) is 0 Å². The topological polar surface area (TPSA) is 66.9 Å². The first-order valence-electron chi connectivity index (χ1n) is 11.1. The third kappa shape index (κ3) is 5.10. The predicted molar refractivity (Wildman–Crippen MR) is 125 cm³/mol. The highest BCUT2D eigenvalue weighted by Crippen LogP contribution is 2.26. The molecule has 1 unspecified atom stereocenters. The van der Waals surface area contributed by atoms with E-state index in [-0.39, 0.29) is 11.9 Å². The van der Waals surface area contributed by atoms with Crippen LogP contribution in [0.5, 0.6) is 0 Å². The van der Waals surface area contributed by atoms with Crippen molar-refractivity contribution >= 4 is 17.5 Å². The van der Waals surface area contributed by atoms with E-state index >= 15 is 0 Å². The average Bonchev–Trinajstić information content (AvgIpc) is 2.77. The van der Waals surface area contributed by atoms with Gasteiger partial charge in [0.15, 0.2) is 0 Å². The van der Waals surface area contributed by atoms with Crippen molar-refractivity contribution in [3.05, 3.63) is 82.2 Å². The van der Waals surface area contributed by atoms with E-state index in [1.165, 1.54) is 36.0 Å². The third-order valence-electron chi connectivity index (χ3n) is 5.87. The molecule has 1 aromatic heterocycles. The third-order valence-corrected chi connectivity index (χ3v) is 5.87. The van der Waals surface area contributed by atoms with E-state index in [0.29, 0.717) is 11.5 Å². The highest BCUT2D eigenvalue weighted by molar-refractivity contribution is 5.94. The molecule has 0 saturated heterocycles. The summed E-state index contributed by atoms with van der Waals surface area (Å²) in [5.74, 6) is 0.506. The first-order chi connectivity index (χ1) is 15.0. The lowest BCUT2D eigenvalue weighted by Crippen LogP contribution is -2.28. The van der Waals surface area contributed by atoms with Crippen LogP contribution in [-0.4, -0.2) is 15.9 Å². The van der Waals surface area contributed by atoms with Gasteiger partial charge in [0, 0.05) is 22.6 Å². The summed E-state index contributed by atoms with van der Waals surface area (Å²) >= 11 is 0. The second-order valence-corrected chi connectivity index (χ2v) is 8.35. The summed E-state index contributed by atoms with van der Waals surface area (Å²) in [6.45, 7) is 6.00. The summed E-state index contributed by atoms with van der Waals surface area (Å²) in [4.78, 5) is 21.7. The number of amides is 1. The zero-order valence-corrected chi connectivity index (χ0v) is 18.5. The van der Waals surface area contributed by atoms with E-state index in [9.17, 15) is 4.79 Å². The summed E-state index contributed by atoms with van der Waals surface area (Å²) in [6, 6.07) is 16.1. The van der Waals surface area contributed by atoms with Crippen LogP contribution in [0.1, 0.15) is 70.7 Å². The molecule has 2 N–H and O–H groups in total. The number of hydrogen-bond donors (Lipinski definition) is 2. The van der Waals surface area contributed by atoms with Gasteiger partial charge in [-0.05, 0) is 93.0 Å². The van der Waals surface area contributed by atoms with Gasteiger partial charge in [0.25, 0.3) is 5.91 Å². The maximum atomic E-state index is 12.9. The molecular formula is C26H30N4O. The number of benzene rings is 2. The maximum absolute atomic E-state index is 12.9. The molecule has 0 saturated carbocycles. The van der Waals surface area contributed by atoms with Crippen molar-refractivity contribution in [1.29, 1.82) is 0 Å². The number of nitrogens with one attached hydrogen (secondary N) is 2. The van der Waals surface area contributed by atoms with Crippen molar-refractivity contribution in [3.63, 3.8) is 0 Å². The normalized spacial score (nSPS) is 13.9. The van der Waals surface area contributed by atoms with Crippen LogP contribution in [0.4, 0.5) is 11.6 Å². The van der Waals surface area contributed by atoms with Crippen LogP contribution in [0.25, 0.3) is 0 Å². The average molecular weight is 415 g/mol. The molecule has 4 rings (SSSR count).